The van der Waals surface area contributed by atoms with Gasteiger partial charge >= 0.3 is 10.8 Å². The average Bonchev–Trinajstić information content (AvgIpc) is 3.48. The van der Waals surface area contributed by atoms with E-state index in [1.54, 1.807) is 25.1 Å². The van der Waals surface area contributed by atoms with Gasteiger partial charge in [0, 0.05) is 36.3 Å². The highest BCUT2D eigenvalue weighted by Crippen LogP contribution is 2.54. The largest absolute Gasteiger partial charge is 0.462 e. The second kappa shape index (κ2) is 12.6. The fraction of sp³-hybridized carbons (Fsp3) is 0.265. The monoisotopic (exact) mass is 656 g/mol. The van der Waals surface area contributed by atoms with E-state index in [4.69, 9.17) is 4.74 Å². The number of nitrogens with zero attached hydrogens (tertiary/aromatic N) is 3. The van der Waals surface area contributed by atoms with Gasteiger partial charge in [-0.05, 0) is 67.4 Å². The molecule has 1 fully saturated rings. The van der Waals surface area contributed by atoms with Crippen LogP contribution >= 0.6 is 23.1 Å². The molecule has 0 saturated carbocycles. The van der Waals surface area contributed by atoms with Gasteiger partial charge in [-0.3, -0.25) is 23.7 Å². The Hall–Kier alpha value is -4.68. The molecule has 0 spiro atoms. The number of imide groups is 1. The van der Waals surface area contributed by atoms with Crippen LogP contribution in [0.5, 0.6) is 0 Å². The van der Waals surface area contributed by atoms with Gasteiger partial charge < -0.3 is 15.0 Å². The third kappa shape index (κ3) is 5.62. The number of carbonyl (C=O) groups is 4. The lowest BCUT2D eigenvalue weighted by atomic mass is 9.83. The quantitative estimate of drug-likeness (QED) is 0.210. The maximum absolute atomic E-state index is 14.2. The lowest BCUT2D eigenvalue weighted by Crippen LogP contribution is -2.33. The summed E-state index contributed by atoms with van der Waals surface area (Å²) in [6.07, 6.45) is 0. The van der Waals surface area contributed by atoms with Crippen LogP contribution in [0.3, 0.4) is 0 Å². The van der Waals surface area contributed by atoms with E-state index in [1.807, 2.05) is 68.4 Å². The number of benzene rings is 3. The average molecular weight is 657 g/mol. The lowest BCUT2D eigenvalue weighted by molar-refractivity contribution is -0.122. The lowest BCUT2D eigenvalue weighted by Gasteiger charge is -2.31. The van der Waals surface area contributed by atoms with Crippen molar-refractivity contribution in [3.8, 4) is 0 Å². The summed E-state index contributed by atoms with van der Waals surface area (Å²) in [5, 5.41) is 2.57. The minimum absolute atomic E-state index is 0.226. The summed E-state index contributed by atoms with van der Waals surface area (Å²) < 4.78 is 6.47. The summed E-state index contributed by atoms with van der Waals surface area (Å²) in [6, 6.07) is 21.3. The number of thioether (sulfide) groups is 1. The maximum Gasteiger partial charge on any atom is 0.338 e. The molecule has 12 heteroatoms. The normalized spacial score (nSPS) is 18.6. The molecule has 3 heterocycles. The second-order valence-corrected chi connectivity index (χ2v) is 13.4. The van der Waals surface area contributed by atoms with E-state index >= 15 is 0 Å². The Labute approximate surface area is 274 Å². The third-order valence-corrected chi connectivity index (χ3v) is 10.8. The highest BCUT2D eigenvalue weighted by atomic mass is 32.2. The maximum atomic E-state index is 14.2. The fourth-order valence-electron chi connectivity index (χ4n) is 5.86. The Morgan fingerprint density at radius 1 is 0.935 bits per heavy atom. The number of anilines is 3. The van der Waals surface area contributed by atoms with Crippen LogP contribution in [0, 0.1) is 12.8 Å². The number of ether oxygens (including phenoxy) is 1. The Morgan fingerprint density at radius 3 is 2.28 bits per heavy atom. The summed E-state index contributed by atoms with van der Waals surface area (Å²) in [6.45, 7) is 3.59. The molecule has 2 aliphatic heterocycles. The molecule has 2 unspecified atom stereocenters. The number of thiazole rings is 1. The van der Waals surface area contributed by atoms with Crippen LogP contribution in [0.1, 0.15) is 39.2 Å². The number of aromatic nitrogens is 1. The minimum atomic E-state index is -0.831. The molecule has 3 aromatic carbocycles. The molecule has 3 amide bonds. The van der Waals surface area contributed by atoms with Gasteiger partial charge in [-0.15, -0.1) is 0 Å². The smallest absolute Gasteiger partial charge is 0.338 e. The van der Waals surface area contributed by atoms with Crippen molar-refractivity contribution in [1.82, 2.24) is 4.57 Å². The third-order valence-electron chi connectivity index (χ3n) is 8.18. The van der Waals surface area contributed by atoms with Crippen LogP contribution in [-0.2, 0) is 25.7 Å². The van der Waals surface area contributed by atoms with E-state index in [-0.39, 0.29) is 29.8 Å². The molecule has 0 bridgehead atoms. The fourth-order valence-corrected chi connectivity index (χ4v) is 8.63. The van der Waals surface area contributed by atoms with E-state index in [9.17, 15) is 24.0 Å². The van der Waals surface area contributed by atoms with Crippen LogP contribution in [0.15, 0.2) is 82.6 Å². The molecule has 236 valence electrons. The number of aryl methyl sites for hydroxylation is 1. The second-order valence-electron chi connectivity index (χ2n) is 11.3. The first-order chi connectivity index (χ1) is 22.1. The summed E-state index contributed by atoms with van der Waals surface area (Å²) in [4.78, 5) is 70.5. The Balaban J connectivity index is 1.39. The number of carbonyl (C=O) groups excluding carboxylic acids is 4. The molecule has 1 N–H and O–H groups in total. The van der Waals surface area contributed by atoms with Crippen molar-refractivity contribution in [2.75, 3.05) is 35.8 Å². The summed E-state index contributed by atoms with van der Waals surface area (Å²) in [7, 11) is 3.86. The first-order valence-corrected chi connectivity index (χ1v) is 16.5. The Kier molecular flexibility index (Phi) is 8.58. The SMILES string of the molecule is CCOC(=O)c1ccc(N2C(=O)C3Sc4c(sc(=O)n4CC(=O)Nc4ccccc4C)[C@H](c4ccc(N(C)C)cc4)C3C2=O)cc1. The van der Waals surface area contributed by atoms with Gasteiger partial charge in [-0.1, -0.05) is 53.4 Å². The molecule has 1 aromatic heterocycles. The Morgan fingerprint density at radius 2 is 1.63 bits per heavy atom. The minimum Gasteiger partial charge on any atom is -0.462 e. The topological polar surface area (TPSA) is 118 Å². The molecule has 1 saturated heterocycles. The zero-order valence-electron chi connectivity index (χ0n) is 25.7. The highest BCUT2D eigenvalue weighted by molar-refractivity contribution is 8.00. The molecule has 6 rings (SSSR count). The van der Waals surface area contributed by atoms with Gasteiger partial charge in [-0.25, -0.2) is 9.69 Å². The molecule has 46 heavy (non-hydrogen) atoms. The van der Waals surface area contributed by atoms with Crippen molar-refractivity contribution in [3.63, 3.8) is 0 Å². The molecule has 3 atom stereocenters. The highest BCUT2D eigenvalue weighted by Gasteiger charge is 2.56. The zero-order valence-corrected chi connectivity index (χ0v) is 27.3. The van der Waals surface area contributed by atoms with Gasteiger partial charge in [0.25, 0.3) is 0 Å². The number of hydrogen-bond donors (Lipinski definition) is 1. The van der Waals surface area contributed by atoms with Gasteiger partial charge in [-0.2, -0.15) is 0 Å². The van der Waals surface area contributed by atoms with E-state index in [1.165, 1.54) is 21.6 Å². The van der Waals surface area contributed by atoms with Gasteiger partial charge in [0.1, 0.15) is 11.8 Å². The van der Waals surface area contributed by atoms with Gasteiger partial charge in [0.15, 0.2) is 0 Å². The molecule has 4 aromatic rings. The first kappa shape index (κ1) is 31.3. The van der Waals surface area contributed by atoms with Gasteiger partial charge in [0.05, 0.1) is 28.8 Å². The van der Waals surface area contributed by atoms with E-state index in [0.29, 0.717) is 26.8 Å². The molecule has 10 nitrogen and oxygen atoms in total. The number of esters is 1. The van der Waals surface area contributed by atoms with Crippen molar-refractivity contribution in [2.45, 2.75) is 36.6 Å². The number of rotatable bonds is 8. The van der Waals surface area contributed by atoms with E-state index < -0.39 is 29.0 Å². The summed E-state index contributed by atoms with van der Waals surface area (Å²) in [5.41, 5.74) is 3.95. The van der Waals surface area contributed by atoms with Crippen LogP contribution in [-0.4, -0.2) is 54.2 Å². The van der Waals surface area contributed by atoms with E-state index in [0.717, 1.165) is 39.9 Å². The van der Waals surface area contributed by atoms with Crippen LogP contribution in [0.4, 0.5) is 17.1 Å². The van der Waals surface area contributed by atoms with Crippen molar-refractivity contribution < 1.29 is 23.9 Å². The molecule has 0 aliphatic carbocycles. The molecular formula is C34H32N4O6S2. The number of fused-ring (bicyclic) bond motifs is 2. The Bertz CT molecular complexity index is 1900. The van der Waals surface area contributed by atoms with Crippen molar-refractivity contribution >= 4 is 63.9 Å². The molecule has 2 aliphatic rings. The summed E-state index contributed by atoms with van der Waals surface area (Å²) >= 11 is 2.16. The van der Waals surface area contributed by atoms with Crippen LogP contribution in [0.2, 0.25) is 0 Å². The number of amides is 3. The van der Waals surface area contributed by atoms with Crippen molar-refractivity contribution in [1.29, 1.82) is 0 Å². The number of nitrogens with one attached hydrogen (secondary N) is 1. The zero-order chi connectivity index (χ0) is 32.7. The van der Waals surface area contributed by atoms with Crippen LogP contribution in [0.25, 0.3) is 0 Å². The number of hydrogen-bond acceptors (Lipinski definition) is 9. The standard InChI is InChI=1S/C34H32N4O6S2/c1-5-44-33(42)21-12-16-23(17-13-21)38-30(40)27-26(20-10-14-22(15-11-20)36(3)4)29-32(45-28(27)31(38)41)37(34(43)46-29)18-25(39)35-24-9-7-6-8-19(24)2/h6-17,26-28H,5,18H2,1-4H3,(H,35,39)/t26-,27?,28?/m1/s1. The van der Waals surface area contributed by atoms with Gasteiger partial charge in [0.2, 0.25) is 17.7 Å². The first-order valence-electron chi connectivity index (χ1n) is 14.8. The van der Waals surface area contributed by atoms with E-state index in [2.05, 4.69) is 5.32 Å². The summed E-state index contributed by atoms with van der Waals surface area (Å²) in [5.74, 6) is -3.04. The van der Waals surface area contributed by atoms with Crippen molar-refractivity contribution in [3.05, 3.63) is 104 Å². The number of para-hydroxylation sites is 1. The predicted octanol–water partition coefficient (Wildman–Crippen LogP) is 4.90. The predicted molar refractivity (Wildman–Crippen MR) is 179 cm³/mol. The molecule has 0 radical (unpaired) electrons. The molecular weight excluding hydrogens is 625 g/mol. The van der Waals surface area contributed by atoms with Crippen LogP contribution < -0.4 is 20.0 Å². The van der Waals surface area contributed by atoms with Crippen molar-refractivity contribution in [2.24, 2.45) is 5.92 Å².